The summed E-state index contributed by atoms with van der Waals surface area (Å²) in [6.07, 6.45) is 5.57. The zero-order valence-electron chi connectivity index (χ0n) is 6.47. The van der Waals surface area contributed by atoms with E-state index >= 15 is 0 Å². The number of hydrogen-bond donors (Lipinski definition) is 1. The van der Waals surface area contributed by atoms with Crippen molar-refractivity contribution >= 4 is 5.97 Å². The highest BCUT2D eigenvalue weighted by Crippen LogP contribution is 2.27. The zero-order chi connectivity index (χ0) is 8.27. The summed E-state index contributed by atoms with van der Waals surface area (Å²) < 4.78 is 0. The van der Waals surface area contributed by atoms with Crippen LogP contribution in [0.2, 0.25) is 0 Å². The highest BCUT2D eigenvalue weighted by Gasteiger charge is 2.14. The minimum absolute atomic E-state index is 0.419. The fourth-order valence-electron chi connectivity index (χ4n) is 1.45. The van der Waals surface area contributed by atoms with Gasteiger partial charge in [-0.2, -0.15) is 0 Å². The normalized spacial score (nSPS) is 16.5. The van der Waals surface area contributed by atoms with Crippen molar-refractivity contribution in [1.82, 2.24) is 0 Å². The van der Waals surface area contributed by atoms with Gasteiger partial charge < -0.3 is 5.11 Å². The summed E-state index contributed by atoms with van der Waals surface area (Å²) in [5.74, 6) is -0.836. The van der Waals surface area contributed by atoms with Crippen LogP contribution in [0.3, 0.4) is 0 Å². The molecule has 0 aliphatic heterocycles. The second-order valence-corrected chi connectivity index (χ2v) is 2.73. The summed E-state index contributed by atoms with van der Waals surface area (Å²) in [5, 5.41) is 8.70. The summed E-state index contributed by atoms with van der Waals surface area (Å²) in [4.78, 5) is 10.6. The first-order valence-electron chi connectivity index (χ1n) is 3.83. The summed E-state index contributed by atoms with van der Waals surface area (Å²) in [6.45, 7) is 3.49. The molecular weight excluding hydrogens is 140 g/mol. The Hall–Kier alpha value is -1.05. The molecule has 0 atom stereocenters. The molecule has 0 unspecified atom stereocenters. The van der Waals surface area contributed by atoms with E-state index in [9.17, 15) is 4.79 Å². The van der Waals surface area contributed by atoms with Crippen LogP contribution >= 0.6 is 0 Å². The molecule has 1 N–H and O–H groups in total. The lowest BCUT2D eigenvalue weighted by Crippen LogP contribution is -2.00. The van der Waals surface area contributed by atoms with Crippen LogP contribution < -0.4 is 0 Å². The highest BCUT2D eigenvalue weighted by atomic mass is 16.4. The van der Waals surface area contributed by atoms with Gasteiger partial charge in [0.1, 0.15) is 0 Å². The molecule has 0 amide bonds. The maximum absolute atomic E-state index is 10.6. The van der Waals surface area contributed by atoms with E-state index < -0.39 is 5.97 Å². The molecule has 2 nitrogen and oxygen atoms in total. The fourth-order valence-corrected chi connectivity index (χ4v) is 1.45. The monoisotopic (exact) mass is 152 g/mol. The van der Waals surface area contributed by atoms with E-state index in [4.69, 9.17) is 5.11 Å². The van der Waals surface area contributed by atoms with Crippen LogP contribution in [0.5, 0.6) is 0 Å². The second-order valence-electron chi connectivity index (χ2n) is 2.73. The third-order valence-corrected chi connectivity index (χ3v) is 2.02. The number of rotatable bonds is 2. The SMILES string of the molecule is C=CC(C(=O)O)=C1CCCC1. The predicted octanol–water partition coefficient (Wildman–Crippen LogP) is 2.13. The summed E-state index contributed by atoms with van der Waals surface area (Å²) in [5.41, 5.74) is 1.48. The summed E-state index contributed by atoms with van der Waals surface area (Å²) >= 11 is 0. The lowest BCUT2D eigenvalue weighted by molar-refractivity contribution is -0.132. The van der Waals surface area contributed by atoms with E-state index in [1.807, 2.05) is 0 Å². The summed E-state index contributed by atoms with van der Waals surface area (Å²) in [6, 6.07) is 0. The van der Waals surface area contributed by atoms with E-state index in [2.05, 4.69) is 6.58 Å². The molecule has 0 aromatic carbocycles. The number of carboxylic acid groups (broad SMARTS) is 1. The average molecular weight is 152 g/mol. The van der Waals surface area contributed by atoms with Gasteiger partial charge in [-0.15, -0.1) is 0 Å². The molecule has 1 saturated carbocycles. The largest absolute Gasteiger partial charge is 0.478 e. The first kappa shape index (κ1) is 8.05. The van der Waals surface area contributed by atoms with E-state index in [-0.39, 0.29) is 0 Å². The van der Waals surface area contributed by atoms with Crippen LogP contribution in [0.4, 0.5) is 0 Å². The maximum atomic E-state index is 10.6. The van der Waals surface area contributed by atoms with Crippen molar-refractivity contribution in [3.63, 3.8) is 0 Å². The quantitative estimate of drug-likeness (QED) is 0.615. The Morgan fingerprint density at radius 2 is 2.00 bits per heavy atom. The van der Waals surface area contributed by atoms with Gasteiger partial charge in [0.25, 0.3) is 0 Å². The Morgan fingerprint density at radius 3 is 2.36 bits per heavy atom. The van der Waals surface area contributed by atoms with Crippen molar-refractivity contribution in [2.45, 2.75) is 25.7 Å². The van der Waals surface area contributed by atoms with Crippen LogP contribution in [0.25, 0.3) is 0 Å². The second kappa shape index (κ2) is 3.37. The predicted molar refractivity (Wildman–Crippen MR) is 43.3 cm³/mol. The molecule has 0 heterocycles. The molecule has 0 aromatic rings. The van der Waals surface area contributed by atoms with Crippen molar-refractivity contribution in [3.05, 3.63) is 23.8 Å². The minimum atomic E-state index is -0.836. The fraction of sp³-hybridized carbons (Fsp3) is 0.444. The van der Waals surface area contributed by atoms with Crippen LogP contribution in [0.1, 0.15) is 25.7 Å². The maximum Gasteiger partial charge on any atom is 0.335 e. The highest BCUT2D eigenvalue weighted by molar-refractivity contribution is 5.90. The molecule has 2 heteroatoms. The summed E-state index contributed by atoms with van der Waals surface area (Å²) in [7, 11) is 0. The van der Waals surface area contributed by atoms with E-state index in [1.54, 1.807) is 0 Å². The van der Waals surface area contributed by atoms with E-state index in [1.165, 1.54) is 6.08 Å². The smallest absolute Gasteiger partial charge is 0.335 e. The third kappa shape index (κ3) is 1.70. The molecule has 0 aromatic heterocycles. The van der Waals surface area contributed by atoms with Gasteiger partial charge in [0, 0.05) is 0 Å². The Kier molecular flexibility index (Phi) is 2.47. The molecule has 1 rings (SSSR count). The molecule has 1 aliphatic carbocycles. The van der Waals surface area contributed by atoms with Crippen LogP contribution in [-0.2, 0) is 4.79 Å². The van der Waals surface area contributed by atoms with Gasteiger partial charge >= 0.3 is 5.97 Å². The van der Waals surface area contributed by atoms with Gasteiger partial charge in [0.05, 0.1) is 5.57 Å². The minimum Gasteiger partial charge on any atom is -0.478 e. The van der Waals surface area contributed by atoms with Gasteiger partial charge in [-0.1, -0.05) is 18.2 Å². The molecular formula is C9H12O2. The molecule has 11 heavy (non-hydrogen) atoms. The number of aliphatic carboxylic acids is 1. The molecule has 0 bridgehead atoms. The lowest BCUT2D eigenvalue weighted by atomic mass is 10.1. The van der Waals surface area contributed by atoms with Gasteiger partial charge in [0.15, 0.2) is 0 Å². The first-order chi connectivity index (χ1) is 5.25. The average Bonchev–Trinajstić information content (AvgIpc) is 2.40. The number of allylic oxidation sites excluding steroid dienone is 1. The number of hydrogen-bond acceptors (Lipinski definition) is 1. The zero-order valence-corrected chi connectivity index (χ0v) is 6.47. The van der Waals surface area contributed by atoms with Crippen molar-refractivity contribution in [2.75, 3.05) is 0 Å². The Labute approximate surface area is 66.2 Å². The van der Waals surface area contributed by atoms with Crippen LogP contribution in [0.15, 0.2) is 23.8 Å². The van der Waals surface area contributed by atoms with Gasteiger partial charge in [-0.05, 0) is 25.7 Å². The number of carboxylic acids is 1. The van der Waals surface area contributed by atoms with Gasteiger partial charge in [0.2, 0.25) is 0 Å². The lowest BCUT2D eigenvalue weighted by Gasteiger charge is -1.99. The number of carbonyl (C=O) groups is 1. The Morgan fingerprint density at radius 1 is 1.45 bits per heavy atom. The van der Waals surface area contributed by atoms with Gasteiger partial charge in [-0.3, -0.25) is 0 Å². The van der Waals surface area contributed by atoms with E-state index in [0.29, 0.717) is 5.57 Å². The van der Waals surface area contributed by atoms with E-state index in [0.717, 1.165) is 31.3 Å². The van der Waals surface area contributed by atoms with Crippen LogP contribution in [0, 0.1) is 0 Å². The molecule has 0 spiro atoms. The molecule has 0 saturated heterocycles. The van der Waals surface area contributed by atoms with Crippen LogP contribution in [-0.4, -0.2) is 11.1 Å². The Balaban J connectivity index is 2.87. The molecule has 1 fully saturated rings. The first-order valence-corrected chi connectivity index (χ1v) is 3.83. The Bertz CT molecular complexity index is 206. The molecule has 0 radical (unpaired) electrons. The van der Waals surface area contributed by atoms with Gasteiger partial charge in [-0.25, -0.2) is 4.79 Å². The molecule has 1 aliphatic rings. The van der Waals surface area contributed by atoms with Crippen molar-refractivity contribution in [2.24, 2.45) is 0 Å². The molecule has 60 valence electrons. The van der Waals surface area contributed by atoms with Crippen molar-refractivity contribution in [1.29, 1.82) is 0 Å². The third-order valence-electron chi connectivity index (χ3n) is 2.02. The van der Waals surface area contributed by atoms with Crippen molar-refractivity contribution in [3.8, 4) is 0 Å². The topological polar surface area (TPSA) is 37.3 Å². The van der Waals surface area contributed by atoms with Crippen molar-refractivity contribution < 1.29 is 9.90 Å². The standard InChI is InChI=1S/C9H12O2/c1-2-8(9(10)11)7-5-3-4-6-7/h2H,1,3-6H2,(H,10,11).